The molecule has 1 aliphatic heterocycles. The lowest BCUT2D eigenvalue weighted by Crippen LogP contribution is -2.37. The number of carbonyl (C=O) groups excluding carboxylic acids is 1. The van der Waals surface area contributed by atoms with Crippen molar-refractivity contribution in [1.82, 2.24) is 4.98 Å². The van der Waals surface area contributed by atoms with E-state index < -0.39 is 0 Å². The first-order valence-electron chi connectivity index (χ1n) is 6.65. The zero-order valence-corrected chi connectivity index (χ0v) is 12.1. The summed E-state index contributed by atoms with van der Waals surface area (Å²) in [6, 6.07) is 2.04. The number of hydrogen-bond acceptors (Lipinski definition) is 4. The number of aromatic nitrogens is 1. The van der Waals surface area contributed by atoms with Crippen molar-refractivity contribution in [3.05, 3.63) is 23.0 Å². The number of ether oxygens (including phenoxy) is 1. The average molecular weight is 283 g/mol. The number of hydrogen-bond donors (Lipinski definition) is 0. The molecule has 4 nitrogen and oxygen atoms in total. The standard InChI is InChI=1S/C14H19ClN2O2/c1-3-19-14(18)11-4-6-17(7-5-11)12-8-10(2)13(15)16-9-12/h8-9,11H,3-7H2,1-2H3. The van der Waals surface area contributed by atoms with E-state index in [-0.39, 0.29) is 11.9 Å². The molecule has 1 aliphatic rings. The van der Waals surface area contributed by atoms with Crippen molar-refractivity contribution < 1.29 is 9.53 Å². The third-order valence-electron chi connectivity index (χ3n) is 3.48. The van der Waals surface area contributed by atoms with Gasteiger partial charge in [0.15, 0.2) is 0 Å². The first kappa shape index (κ1) is 14.1. The molecule has 1 aromatic rings. The maximum Gasteiger partial charge on any atom is 0.309 e. The van der Waals surface area contributed by atoms with Gasteiger partial charge in [0.2, 0.25) is 0 Å². The van der Waals surface area contributed by atoms with Gasteiger partial charge in [-0.05, 0) is 38.3 Å². The minimum Gasteiger partial charge on any atom is -0.466 e. The Morgan fingerprint density at radius 2 is 2.21 bits per heavy atom. The van der Waals surface area contributed by atoms with E-state index in [1.165, 1.54) is 0 Å². The minimum atomic E-state index is -0.0624. The molecule has 0 atom stereocenters. The number of anilines is 1. The van der Waals surface area contributed by atoms with Crippen LogP contribution in [0.4, 0.5) is 5.69 Å². The van der Waals surface area contributed by atoms with Crippen LogP contribution in [0.3, 0.4) is 0 Å². The van der Waals surface area contributed by atoms with Crippen molar-refractivity contribution in [1.29, 1.82) is 0 Å². The highest BCUT2D eigenvalue weighted by Crippen LogP contribution is 2.25. The van der Waals surface area contributed by atoms with Gasteiger partial charge in [0.25, 0.3) is 0 Å². The van der Waals surface area contributed by atoms with Crippen LogP contribution >= 0.6 is 11.6 Å². The number of rotatable bonds is 3. The van der Waals surface area contributed by atoms with Crippen molar-refractivity contribution in [2.24, 2.45) is 5.92 Å². The predicted molar refractivity (Wildman–Crippen MR) is 75.6 cm³/mol. The van der Waals surface area contributed by atoms with Gasteiger partial charge in [0, 0.05) is 13.1 Å². The largest absolute Gasteiger partial charge is 0.466 e. The van der Waals surface area contributed by atoms with Crippen LogP contribution in [0.5, 0.6) is 0 Å². The SMILES string of the molecule is CCOC(=O)C1CCN(c2cnc(Cl)c(C)c2)CC1. The van der Waals surface area contributed by atoms with Gasteiger partial charge in [0.1, 0.15) is 5.15 Å². The zero-order valence-electron chi connectivity index (χ0n) is 11.4. The fourth-order valence-electron chi connectivity index (χ4n) is 2.35. The summed E-state index contributed by atoms with van der Waals surface area (Å²) in [5, 5.41) is 0.546. The fraction of sp³-hybridized carbons (Fsp3) is 0.571. The molecule has 0 N–H and O–H groups in total. The molecule has 1 saturated heterocycles. The lowest BCUT2D eigenvalue weighted by atomic mass is 9.96. The average Bonchev–Trinajstić information content (AvgIpc) is 2.42. The smallest absolute Gasteiger partial charge is 0.309 e. The number of halogens is 1. The summed E-state index contributed by atoms with van der Waals surface area (Å²) in [6.45, 7) is 5.96. The first-order chi connectivity index (χ1) is 9.11. The second-order valence-electron chi connectivity index (χ2n) is 4.81. The molecule has 0 unspecified atom stereocenters. The Labute approximate surface area is 118 Å². The lowest BCUT2D eigenvalue weighted by Gasteiger charge is -2.32. The Morgan fingerprint density at radius 1 is 1.53 bits per heavy atom. The number of pyridine rings is 1. The molecule has 104 valence electrons. The summed E-state index contributed by atoms with van der Waals surface area (Å²) in [5.74, 6) is -0.0230. The molecule has 19 heavy (non-hydrogen) atoms. The molecule has 0 saturated carbocycles. The van der Waals surface area contributed by atoms with E-state index in [0.29, 0.717) is 11.8 Å². The van der Waals surface area contributed by atoms with E-state index in [1.807, 2.05) is 19.9 Å². The van der Waals surface area contributed by atoms with E-state index >= 15 is 0 Å². The molecule has 0 radical (unpaired) electrons. The monoisotopic (exact) mass is 282 g/mol. The molecule has 1 fully saturated rings. The zero-order chi connectivity index (χ0) is 13.8. The highest BCUT2D eigenvalue weighted by Gasteiger charge is 2.26. The summed E-state index contributed by atoms with van der Waals surface area (Å²) in [6.07, 6.45) is 3.46. The summed E-state index contributed by atoms with van der Waals surface area (Å²) < 4.78 is 5.07. The second-order valence-corrected chi connectivity index (χ2v) is 5.17. The van der Waals surface area contributed by atoms with Gasteiger partial charge in [-0.15, -0.1) is 0 Å². The van der Waals surface area contributed by atoms with Crippen LogP contribution in [0, 0.1) is 12.8 Å². The van der Waals surface area contributed by atoms with E-state index in [9.17, 15) is 4.79 Å². The predicted octanol–water partition coefficient (Wildman–Crippen LogP) is 2.82. The van der Waals surface area contributed by atoms with Crippen molar-refractivity contribution in [3.8, 4) is 0 Å². The van der Waals surface area contributed by atoms with Crippen LogP contribution in [-0.4, -0.2) is 30.6 Å². The quantitative estimate of drug-likeness (QED) is 0.631. The van der Waals surface area contributed by atoms with Crippen LogP contribution < -0.4 is 4.90 Å². The van der Waals surface area contributed by atoms with E-state index in [2.05, 4.69) is 9.88 Å². The van der Waals surface area contributed by atoms with Crippen LogP contribution in [-0.2, 0) is 9.53 Å². The van der Waals surface area contributed by atoms with Crippen LogP contribution in [0.25, 0.3) is 0 Å². The topological polar surface area (TPSA) is 42.4 Å². The van der Waals surface area contributed by atoms with Crippen molar-refractivity contribution in [2.45, 2.75) is 26.7 Å². The van der Waals surface area contributed by atoms with Gasteiger partial charge in [-0.3, -0.25) is 4.79 Å². The Hall–Kier alpha value is -1.29. The maximum absolute atomic E-state index is 11.7. The molecule has 2 heterocycles. The van der Waals surface area contributed by atoms with Gasteiger partial charge < -0.3 is 9.64 Å². The van der Waals surface area contributed by atoms with E-state index in [4.69, 9.17) is 16.3 Å². The van der Waals surface area contributed by atoms with E-state index in [1.54, 1.807) is 6.20 Å². The van der Waals surface area contributed by atoms with Crippen LogP contribution in [0.2, 0.25) is 5.15 Å². The minimum absolute atomic E-state index is 0.0394. The lowest BCUT2D eigenvalue weighted by molar-refractivity contribution is -0.148. The normalized spacial score (nSPS) is 16.5. The Kier molecular flexibility index (Phi) is 4.64. The summed E-state index contributed by atoms with van der Waals surface area (Å²) in [7, 11) is 0. The van der Waals surface area contributed by atoms with Crippen molar-refractivity contribution in [2.75, 3.05) is 24.6 Å². The molecule has 0 spiro atoms. The van der Waals surface area contributed by atoms with Gasteiger partial charge in [0.05, 0.1) is 24.4 Å². The van der Waals surface area contributed by atoms with Crippen LogP contribution in [0.1, 0.15) is 25.3 Å². The third kappa shape index (κ3) is 3.38. The summed E-state index contributed by atoms with van der Waals surface area (Å²) >= 11 is 5.93. The van der Waals surface area contributed by atoms with Crippen molar-refractivity contribution in [3.63, 3.8) is 0 Å². The Morgan fingerprint density at radius 3 is 2.79 bits per heavy atom. The Bertz CT molecular complexity index is 457. The number of aryl methyl sites for hydroxylation is 1. The molecule has 0 amide bonds. The molecule has 1 aromatic heterocycles. The van der Waals surface area contributed by atoms with Gasteiger partial charge in [-0.1, -0.05) is 11.6 Å². The van der Waals surface area contributed by atoms with Gasteiger partial charge in [-0.2, -0.15) is 0 Å². The highest BCUT2D eigenvalue weighted by atomic mass is 35.5. The van der Waals surface area contributed by atoms with E-state index in [0.717, 1.165) is 37.2 Å². The second kappa shape index (κ2) is 6.24. The molecule has 0 aromatic carbocycles. The third-order valence-corrected chi connectivity index (χ3v) is 3.88. The number of nitrogens with zero attached hydrogens (tertiary/aromatic N) is 2. The molecule has 0 aliphatic carbocycles. The molecular formula is C14H19ClN2O2. The number of carbonyl (C=O) groups is 1. The Balaban J connectivity index is 1.96. The molecular weight excluding hydrogens is 264 g/mol. The highest BCUT2D eigenvalue weighted by molar-refractivity contribution is 6.30. The van der Waals surface area contributed by atoms with Gasteiger partial charge in [-0.25, -0.2) is 4.98 Å². The first-order valence-corrected chi connectivity index (χ1v) is 7.03. The number of piperidine rings is 1. The van der Waals surface area contributed by atoms with Crippen LogP contribution in [0.15, 0.2) is 12.3 Å². The molecule has 5 heteroatoms. The number of esters is 1. The molecule has 2 rings (SSSR count). The van der Waals surface area contributed by atoms with Gasteiger partial charge >= 0.3 is 5.97 Å². The molecule has 0 bridgehead atoms. The summed E-state index contributed by atoms with van der Waals surface area (Å²) in [4.78, 5) is 18.1. The fourth-order valence-corrected chi connectivity index (χ4v) is 2.45. The summed E-state index contributed by atoms with van der Waals surface area (Å²) in [5.41, 5.74) is 2.05. The maximum atomic E-state index is 11.7. The van der Waals surface area contributed by atoms with Crippen molar-refractivity contribution >= 4 is 23.3 Å².